The minimum absolute atomic E-state index is 0.127. The number of hydrogen-bond donors (Lipinski definition) is 3. The number of carbonyl (C=O) groups excluding carboxylic acids is 1. The number of amides is 1. The molecule has 1 saturated heterocycles. The Bertz CT molecular complexity index is 747. The van der Waals surface area contributed by atoms with Crippen LogP contribution < -0.4 is 16.4 Å². The summed E-state index contributed by atoms with van der Waals surface area (Å²) in [7, 11) is 6.79. The number of nitrogens with two attached hydrogens (primary N) is 1. The van der Waals surface area contributed by atoms with Gasteiger partial charge in [0.05, 0.1) is 0 Å². The highest BCUT2D eigenvalue weighted by molar-refractivity contribution is 5.79. The Labute approximate surface area is 241 Å². The molecule has 1 aliphatic heterocycles. The van der Waals surface area contributed by atoms with E-state index in [9.17, 15) is 4.79 Å². The fourth-order valence-corrected chi connectivity index (χ4v) is 9.43. The van der Waals surface area contributed by atoms with Crippen molar-refractivity contribution in [2.45, 2.75) is 129 Å². The summed E-state index contributed by atoms with van der Waals surface area (Å²) in [6.07, 6.45) is 13.7. The Morgan fingerprint density at radius 2 is 1.54 bits per heavy atom. The number of piperidine rings is 1. The standard InChI is InChI=1S/C33H63N5O/c1-21-16-22(2)36-24(4)31(21)19-35-33(39)30-17-27(26-10-8-25(9-11-26)20-37(5)6)18-32(23(30)3)38(7)29-14-12-28(34)13-15-29/h21-32,36H,8-20,34H2,1-7H3,(H,35,39). The molecule has 226 valence electrons. The first-order valence-corrected chi connectivity index (χ1v) is 16.7. The molecule has 3 aliphatic carbocycles. The predicted octanol–water partition coefficient (Wildman–Crippen LogP) is 4.73. The molecule has 8 unspecified atom stereocenters. The number of carbonyl (C=O) groups is 1. The second kappa shape index (κ2) is 14.0. The van der Waals surface area contributed by atoms with E-state index in [1.54, 1.807) is 0 Å². The first kappa shape index (κ1) is 31.3. The monoisotopic (exact) mass is 546 g/mol. The van der Waals surface area contributed by atoms with Gasteiger partial charge >= 0.3 is 0 Å². The Morgan fingerprint density at radius 1 is 0.872 bits per heavy atom. The lowest BCUT2D eigenvalue weighted by Gasteiger charge is -2.49. The average Bonchev–Trinajstić information content (AvgIpc) is 2.88. The van der Waals surface area contributed by atoms with Gasteiger partial charge in [-0.15, -0.1) is 0 Å². The first-order valence-electron chi connectivity index (χ1n) is 16.7. The fourth-order valence-electron chi connectivity index (χ4n) is 9.43. The van der Waals surface area contributed by atoms with E-state index in [1.807, 2.05) is 0 Å². The van der Waals surface area contributed by atoms with Gasteiger partial charge in [-0.3, -0.25) is 4.79 Å². The smallest absolute Gasteiger partial charge is 0.223 e. The molecule has 3 saturated carbocycles. The zero-order chi connectivity index (χ0) is 28.3. The predicted molar refractivity (Wildman–Crippen MR) is 164 cm³/mol. The molecule has 0 aromatic heterocycles. The van der Waals surface area contributed by atoms with Crippen LogP contribution in [0.1, 0.15) is 98.3 Å². The number of nitrogens with zero attached hydrogens (tertiary/aromatic N) is 2. The molecule has 6 heteroatoms. The lowest BCUT2D eigenvalue weighted by molar-refractivity contribution is -0.131. The molecule has 0 bridgehead atoms. The Balaban J connectivity index is 1.44. The van der Waals surface area contributed by atoms with E-state index in [1.165, 1.54) is 57.9 Å². The lowest BCUT2D eigenvalue weighted by atomic mass is 9.63. The summed E-state index contributed by atoms with van der Waals surface area (Å²) in [5.74, 6) is 4.30. The van der Waals surface area contributed by atoms with Crippen molar-refractivity contribution in [3.63, 3.8) is 0 Å². The van der Waals surface area contributed by atoms with E-state index >= 15 is 0 Å². The minimum Gasteiger partial charge on any atom is -0.356 e. The van der Waals surface area contributed by atoms with Crippen LogP contribution in [0.25, 0.3) is 0 Å². The maximum absolute atomic E-state index is 13.9. The molecule has 4 aliphatic rings. The molecule has 0 radical (unpaired) electrons. The molecule has 0 spiro atoms. The number of nitrogens with one attached hydrogen (secondary N) is 2. The zero-order valence-corrected chi connectivity index (χ0v) is 26.5. The molecule has 0 aromatic rings. The van der Waals surface area contributed by atoms with Gasteiger partial charge in [-0.1, -0.05) is 13.8 Å². The van der Waals surface area contributed by atoms with Gasteiger partial charge in [-0.05, 0) is 141 Å². The Hall–Kier alpha value is -0.690. The van der Waals surface area contributed by atoms with Crippen LogP contribution in [0.3, 0.4) is 0 Å². The van der Waals surface area contributed by atoms with Crippen molar-refractivity contribution in [3.05, 3.63) is 0 Å². The van der Waals surface area contributed by atoms with Crippen molar-refractivity contribution in [1.29, 1.82) is 0 Å². The van der Waals surface area contributed by atoms with Crippen LogP contribution in [0.4, 0.5) is 0 Å². The van der Waals surface area contributed by atoms with Crippen LogP contribution in [0.15, 0.2) is 0 Å². The van der Waals surface area contributed by atoms with Crippen LogP contribution in [0.2, 0.25) is 0 Å². The van der Waals surface area contributed by atoms with Crippen molar-refractivity contribution in [1.82, 2.24) is 20.4 Å². The summed E-state index contributed by atoms with van der Waals surface area (Å²) in [5, 5.41) is 7.23. The van der Waals surface area contributed by atoms with Crippen molar-refractivity contribution in [2.24, 2.45) is 47.2 Å². The minimum atomic E-state index is 0.127. The molecule has 1 heterocycles. The van der Waals surface area contributed by atoms with E-state index in [2.05, 4.69) is 69.3 Å². The Kier molecular flexibility index (Phi) is 11.2. The van der Waals surface area contributed by atoms with Gasteiger partial charge in [-0.2, -0.15) is 0 Å². The van der Waals surface area contributed by atoms with Gasteiger partial charge in [0, 0.05) is 49.2 Å². The van der Waals surface area contributed by atoms with Crippen molar-refractivity contribution in [3.8, 4) is 0 Å². The molecular weight excluding hydrogens is 482 g/mol. The van der Waals surface area contributed by atoms with Crippen LogP contribution in [-0.2, 0) is 4.79 Å². The molecule has 4 N–H and O–H groups in total. The first-order chi connectivity index (χ1) is 18.5. The average molecular weight is 546 g/mol. The Morgan fingerprint density at radius 3 is 2.15 bits per heavy atom. The molecule has 6 nitrogen and oxygen atoms in total. The topological polar surface area (TPSA) is 73.6 Å². The maximum Gasteiger partial charge on any atom is 0.223 e. The SMILES string of the molecule is CC1CC(C)C(CNC(=O)C2CC(C3CCC(CN(C)C)CC3)CC(N(C)C3CCC(N)CC3)C2C)C(C)N1. The fraction of sp³-hybridized carbons (Fsp3) is 0.970. The van der Waals surface area contributed by atoms with Gasteiger partial charge in [0.1, 0.15) is 0 Å². The van der Waals surface area contributed by atoms with Crippen LogP contribution in [0, 0.1) is 41.4 Å². The van der Waals surface area contributed by atoms with E-state index in [-0.39, 0.29) is 5.92 Å². The van der Waals surface area contributed by atoms with Crippen LogP contribution in [0.5, 0.6) is 0 Å². The second-order valence-electron chi connectivity index (χ2n) is 15.0. The molecule has 4 fully saturated rings. The highest BCUT2D eigenvalue weighted by atomic mass is 16.1. The molecular formula is C33H63N5O. The molecule has 0 aromatic carbocycles. The highest BCUT2D eigenvalue weighted by Gasteiger charge is 2.45. The third-order valence-corrected chi connectivity index (χ3v) is 11.9. The molecule has 1 amide bonds. The number of hydrogen-bond acceptors (Lipinski definition) is 5. The largest absolute Gasteiger partial charge is 0.356 e. The van der Waals surface area contributed by atoms with Gasteiger partial charge in [0.25, 0.3) is 0 Å². The van der Waals surface area contributed by atoms with E-state index < -0.39 is 0 Å². The summed E-state index contributed by atoms with van der Waals surface area (Å²) < 4.78 is 0. The van der Waals surface area contributed by atoms with Crippen LogP contribution in [-0.4, -0.2) is 80.1 Å². The zero-order valence-electron chi connectivity index (χ0n) is 26.5. The summed E-state index contributed by atoms with van der Waals surface area (Å²) in [6.45, 7) is 11.4. The van der Waals surface area contributed by atoms with E-state index in [4.69, 9.17) is 5.73 Å². The van der Waals surface area contributed by atoms with Crippen molar-refractivity contribution >= 4 is 5.91 Å². The molecule has 4 rings (SSSR count). The summed E-state index contributed by atoms with van der Waals surface area (Å²) in [6, 6.07) is 2.51. The quantitative estimate of drug-likeness (QED) is 0.411. The molecule has 39 heavy (non-hydrogen) atoms. The second-order valence-corrected chi connectivity index (χ2v) is 15.0. The maximum atomic E-state index is 13.9. The van der Waals surface area contributed by atoms with E-state index in [0.29, 0.717) is 59.8 Å². The van der Waals surface area contributed by atoms with Gasteiger partial charge in [0.15, 0.2) is 0 Å². The van der Waals surface area contributed by atoms with Gasteiger partial charge in [-0.25, -0.2) is 0 Å². The van der Waals surface area contributed by atoms with Crippen molar-refractivity contribution in [2.75, 3.05) is 34.2 Å². The van der Waals surface area contributed by atoms with E-state index in [0.717, 1.165) is 37.6 Å². The summed E-state index contributed by atoms with van der Waals surface area (Å²) >= 11 is 0. The number of rotatable bonds is 8. The third-order valence-electron chi connectivity index (χ3n) is 11.9. The lowest BCUT2D eigenvalue weighted by Crippen LogP contribution is -2.55. The van der Waals surface area contributed by atoms with Crippen molar-refractivity contribution < 1.29 is 4.79 Å². The highest BCUT2D eigenvalue weighted by Crippen LogP contribution is 2.46. The van der Waals surface area contributed by atoms with Gasteiger partial charge < -0.3 is 26.2 Å². The third kappa shape index (κ3) is 7.99. The summed E-state index contributed by atoms with van der Waals surface area (Å²) in [4.78, 5) is 19.0. The van der Waals surface area contributed by atoms with Gasteiger partial charge in [0.2, 0.25) is 5.91 Å². The molecule has 8 atom stereocenters. The summed E-state index contributed by atoms with van der Waals surface area (Å²) in [5.41, 5.74) is 6.27. The van der Waals surface area contributed by atoms with Crippen LogP contribution >= 0.6 is 0 Å². The normalized spacial score (nSPS) is 43.9.